The van der Waals surface area contributed by atoms with Crippen LogP contribution >= 0.6 is 0 Å². The average molecular weight is 428 g/mol. The number of esters is 1. The molecule has 0 aliphatic carbocycles. The second-order valence-electron chi connectivity index (χ2n) is 7.43. The highest BCUT2D eigenvalue weighted by Crippen LogP contribution is 2.12. The Kier molecular flexibility index (Phi) is 9.35. The Hall–Kier alpha value is -3.55. The van der Waals surface area contributed by atoms with Crippen molar-refractivity contribution in [3.8, 4) is 5.75 Å². The van der Waals surface area contributed by atoms with E-state index < -0.39 is 24.0 Å². The number of ether oxygens (including phenoxy) is 2. The molecule has 0 radical (unpaired) electrons. The molecule has 2 aromatic carbocycles. The monoisotopic (exact) mass is 428 g/mol. The molecular formula is C23H28N2O6. The largest absolute Gasteiger partial charge is 0.508 e. The maximum atomic E-state index is 12.5. The van der Waals surface area contributed by atoms with Crippen LogP contribution in [0.2, 0.25) is 0 Å². The van der Waals surface area contributed by atoms with Crippen molar-refractivity contribution in [1.82, 2.24) is 10.6 Å². The lowest BCUT2D eigenvalue weighted by atomic mass is 10.1. The molecule has 1 atom stereocenters. The van der Waals surface area contributed by atoms with Crippen molar-refractivity contribution >= 4 is 18.0 Å². The molecule has 2 rings (SSSR count). The molecule has 0 aliphatic rings. The number of amides is 2. The van der Waals surface area contributed by atoms with Crippen LogP contribution in [0, 0.1) is 5.92 Å². The molecule has 0 aromatic heterocycles. The van der Waals surface area contributed by atoms with E-state index in [1.807, 2.05) is 44.2 Å². The molecule has 0 aliphatic heterocycles. The Labute approximate surface area is 181 Å². The Bertz CT molecular complexity index is 852. The smallest absolute Gasteiger partial charge is 0.407 e. The van der Waals surface area contributed by atoms with Crippen molar-refractivity contribution in [3.63, 3.8) is 0 Å². The molecule has 1 unspecified atom stereocenters. The number of aromatic hydroxyl groups is 1. The van der Waals surface area contributed by atoms with Gasteiger partial charge in [-0.15, -0.1) is 0 Å². The van der Waals surface area contributed by atoms with E-state index in [2.05, 4.69) is 10.6 Å². The van der Waals surface area contributed by atoms with Gasteiger partial charge < -0.3 is 25.2 Å². The SMILES string of the molecule is CC(C)COC(=O)C(Cc1ccc(O)cc1)NC(=O)CNC(=O)OCc1ccccc1. The first-order chi connectivity index (χ1) is 14.8. The van der Waals surface area contributed by atoms with Crippen LogP contribution in [0.5, 0.6) is 5.75 Å². The molecule has 2 aromatic rings. The molecule has 8 nitrogen and oxygen atoms in total. The van der Waals surface area contributed by atoms with Crippen molar-refractivity contribution in [3.05, 3.63) is 65.7 Å². The molecule has 166 valence electrons. The summed E-state index contributed by atoms with van der Waals surface area (Å²) in [7, 11) is 0. The van der Waals surface area contributed by atoms with Crippen LogP contribution in [0.15, 0.2) is 54.6 Å². The van der Waals surface area contributed by atoms with Crippen LogP contribution in [-0.2, 0) is 32.1 Å². The second kappa shape index (κ2) is 12.2. The minimum Gasteiger partial charge on any atom is -0.508 e. The molecular weight excluding hydrogens is 400 g/mol. The lowest BCUT2D eigenvalue weighted by molar-refractivity contribution is -0.148. The first kappa shape index (κ1) is 23.7. The maximum absolute atomic E-state index is 12.5. The third-order valence-corrected chi connectivity index (χ3v) is 4.16. The van der Waals surface area contributed by atoms with Crippen LogP contribution in [0.4, 0.5) is 4.79 Å². The van der Waals surface area contributed by atoms with Crippen molar-refractivity contribution in [2.24, 2.45) is 5.92 Å². The van der Waals surface area contributed by atoms with Gasteiger partial charge in [-0.1, -0.05) is 56.3 Å². The fourth-order valence-corrected chi connectivity index (χ4v) is 2.58. The molecule has 0 spiro atoms. The highest BCUT2D eigenvalue weighted by molar-refractivity contribution is 5.87. The van der Waals surface area contributed by atoms with Gasteiger partial charge in [0.25, 0.3) is 0 Å². The van der Waals surface area contributed by atoms with E-state index in [4.69, 9.17) is 9.47 Å². The first-order valence-electron chi connectivity index (χ1n) is 10.0. The molecule has 2 amide bonds. The van der Waals surface area contributed by atoms with Gasteiger partial charge in [0.1, 0.15) is 24.9 Å². The van der Waals surface area contributed by atoms with Gasteiger partial charge in [-0.3, -0.25) is 4.79 Å². The van der Waals surface area contributed by atoms with E-state index in [0.29, 0.717) is 0 Å². The summed E-state index contributed by atoms with van der Waals surface area (Å²) >= 11 is 0. The summed E-state index contributed by atoms with van der Waals surface area (Å²) < 4.78 is 10.3. The lowest BCUT2D eigenvalue weighted by Crippen LogP contribution is -2.47. The Morgan fingerprint density at radius 1 is 0.935 bits per heavy atom. The molecule has 31 heavy (non-hydrogen) atoms. The number of carbonyl (C=O) groups is 3. The Morgan fingerprint density at radius 2 is 1.61 bits per heavy atom. The standard InChI is InChI=1S/C23H28N2O6/c1-16(2)14-30-22(28)20(12-17-8-10-19(26)11-9-17)25-21(27)13-24-23(29)31-15-18-6-4-3-5-7-18/h3-11,16,20,26H,12-15H2,1-2H3,(H,24,29)(H,25,27). The van der Waals surface area contributed by atoms with Crippen LogP contribution in [0.3, 0.4) is 0 Å². The zero-order chi connectivity index (χ0) is 22.6. The molecule has 0 bridgehead atoms. The van der Waals surface area contributed by atoms with Gasteiger partial charge in [-0.2, -0.15) is 0 Å². The minimum absolute atomic E-state index is 0.0826. The van der Waals surface area contributed by atoms with Gasteiger partial charge in [-0.25, -0.2) is 9.59 Å². The van der Waals surface area contributed by atoms with Gasteiger partial charge in [0.05, 0.1) is 6.61 Å². The first-order valence-corrected chi connectivity index (χ1v) is 10.0. The van der Waals surface area contributed by atoms with Gasteiger partial charge in [0.2, 0.25) is 5.91 Å². The summed E-state index contributed by atoms with van der Waals surface area (Å²) in [6, 6.07) is 14.5. The number of alkyl carbamates (subject to hydrolysis) is 1. The minimum atomic E-state index is -0.932. The van der Waals surface area contributed by atoms with Gasteiger partial charge in [0, 0.05) is 6.42 Å². The topological polar surface area (TPSA) is 114 Å². The van der Waals surface area contributed by atoms with Crippen molar-refractivity contribution in [1.29, 1.82) is 0 Å². The zero-order valence-electron chi connectivity index (χ0n) is 17.7. The maximum Gasteiger partial charge on any atom is 0.407 e. The Morgan fingerprint density at radius 3 is 2.26 bits per heavy atom. The van der Waals surface area contributed by atoms with E-state index in [0.717, 1.165) is 11.1 Å². The van der Waals surface area contributed by atoms with Crippen LogP contribution in [-0.4, -0.2) is 42.3 Å². The number of phenolic OH excluding ortho intramolecular Hbond substituents is 1. The fourth-order valence-electron chi connectivity index (χ4n) is 2.58. The van der Waals surface area contributed by atoms with E-state index in [1.54, 1.807) is 12.1 Å². The number of rotatable bonds is 10. The summed E-state index contributed by atoms with van der Waals surface area (Å²) in [4.78, 5) is 36.6. The molecule has 0 fully saturated rings. The quantitative estimate of drug-likeness (QED) is 0.501. The zero-order valence-corrected chi connectivity index (χ0v) is 17.7. The molecule has 0 heterocycles. The highest BCUT2D eigenvalue weighted by atomic mass is 16.5. The normalized spacial score (nSPS) is 11.5. The third kappa shape index (κ3) is 9.20. The summed E-state index contributed by atoms with van der Waals surface area (Å²) in [6.07, 6.45) is -0.557. The Balaban J connectivity index is 1.87. The number of phenols is 1. The number of nitrogens with one attached hydrogen (secondary N) is 2. The summed E-state index contributed by atoms with van der Waals surface area (Å²) in [5.41, 5.74) is 1.56. The predicted molar refractivity (Wildman–Crippen MR) is 114 cm³/mol. The van der Waals surface area contributed by atoms with E-state index in [9.17, 15) is 19.5 Å². The molecule has 0 saturated carbocycles. The predicted octanol–water partition coefficient (Wildman–Crippen LogP) is 2.55. The summed E-state index contributed by atoms with van der Waals surface area (Å²) in [5, 5.41) is 14.4. The van der Waals surface area contributed by atoms with Gasteiger partial charge >= 0.3 is 12.1 Å². The fraction of sp³-hybridized carbons (Fsp3) is 0.348. The van der Waals surface area contributed by atoms with Crippen molar-refractivity contribution in [2.45, 2.75) is 32.9 Å². The van der Waals surface area contributed by atoms with Crippen molar-refractivity contribution in [2.75, 3.05) is 13.2 Å². The average Bonchev–Trinajstić information content (AvgIpc) is 2.76. The summed E-state index contributed by atoms with van der Waals surface area (Å²) in [5.74, 6) is -0.872. The number of carbonyl (C=O) groups excluding carboxylic acids is 3. The van der Waals surface area contributed by atoms with Crippen LogP contribution in [0.1, 0.15) is 25.0 Å². The molecule has 0 saturated heterocycles. The van der Waals surface area contributed by atoms with E-state index in [1.165, 1.54) is 12.1 Å². The van der Waals surface area contributed by atoms with E-state index in [-0.39, 0.29) is 37.8 Å². The molecule has 8 heteroatoms. The summed E-state index contributed by atoms with van der Waals surface area (Å²) in [6.45, 7) is 3.78. The van der Waals surface area contributed by atoms with Gasteiger partial charge in [-0.05, 0) is 29.2 Å². The van der Waals surface area contributed by atoms with Crippen LogP contribution < -0.4 is 10.6 Å². The number of hydrogen-bond acceptors (Lipinski definition) is 6. The third-order valence-electron chi connectivity index (χ3n) is 4.16. The van der Waals surface area contributed by atoms with Crippen LogP contribution in [0.25, 0.3) is 0 Å². The number of benzene rings is 2. The van der Waals surface area contributed by atoms with E-state index >= 15 is 0 Å². The lowest BCUT2D eigenvalue weighted by Gasteiger charge is -2.19. The van der Waals surface area contributed by atoms with Crippen molar-refractivity contribution < 1.29 is 29.0 Å². The molecule has 3 N–H and O–H groups in total. The second-order valence-corrected chi connectivity index (χ2v) is 7.43. The van der Waals surface area contributed by atoms with Gasteiger partial charge in [0.15, 0.2) is 0 Å². The number of hydrogen-bond donors (Lipinski definition) is 3. The highest BCUT2D eigenvalue weighted by Gasteiger charge is 2.23.